The first-order valence-electron chi connectivity index (χ1n) is 5.61. The van der Waals surface area contributed by atoms with Gasteiger partial charge in [-0.05, 0) is 31.5 Å². The predicted octanol–water partition coefficient (Wildman–Crippen LogP) is 1.98. The van der Waals surface area contributed by atoms with Crippen LogP contribution in [0.2, 0.25) is 0 Å². The van der Waals surface area contributed by atoms with Crippen LogP contribution in [0.3, 0.4) is 0 Å². The van der Waals surface area contributed by atoms with Crippen molar-refractivity contribution in [2.24, 2.45) is 0 Å². The van der Waals surface area contributed by atoms with Crippen molar-refractivity contribution >= 4 is 0 Å². The highest BCUT2D eigenvalue weighted by Gasteiger charge is 2.32. The molecule has 15 heavy (non-hydrogen) atoms. The molecule has 0 aromatic carbocycles. The number of rotatable bonds is 4. The molecular weight excluding hydrogens is 190 g/mol. The third kappa shape index (κ3) is 2.61. The zero-order valence-corrected chi connectivity index (χ0v) is 9.29. The first-order valence-corrected chi connectivity index (χ1v) is 5.61. The van der Waals surface area contributed by atoms with E-state index < -0.39 is 0 Å². The molecule has 1 fully saturated rings. The molecule has 0 radical (unpaired) electrons. The third-order valence-electron chi connectivity index (χ3n) is 3.10. The van der Waals surface area contributed by atoms with Gasteiger partial charge in [-0.1, -0.05) is 6.42 Å². The molecule has 1 N–H and O–H groups in total. The molecule has 3 heteroatoms. The molecule has 1 aliphatic rings. The van der Waals surface area contributed by atoms with E-state index in [-0.39, 0.29) is 5.54 Å². The molecule has 2 heterocycles. The molecule has 2 rings (SSSR count). The Kier molecular flexibility index (Phi) is 3.44. The van der Waals surface area contributed by atoms with Crippen LogP contribution in [0.4, 0.5) is 0 Å². The second kappa shape index (κ2) is 4.81. The van der Waals surface area contributed by atoms with Gasteiger partial charge in [0.15, 0.2) is 0 Å². The number of ether oxygens (including phenoxy) is 1. The summed E-state index contributed by atoms with van der Waals surface area (Å²) in [6, 6.07) is 3.98. The van der Waals surface area contributed by atoms with Gasteiger partial charge in [-0.3, -0.25) is 0 Å². The Hall–Kier alpha value is -0.800. The number of hydrogen-bond acceptors (Lipinski definition) is 3. The Morgan fingerprint density at radius 1 is 1.53 bits per heavy atom. The zero-order valence-electron chi connectivity index (χ0n) is 9.29. The summed E-state index contributed by atoms with van der Waals surface area (Å²) >= 11 is 0. The molecule has 0 spiro atoms. The fourth-order valence-corrected chi connectivity index (χ4v) is 2.38. The maximum absolute atomic E-state index is 5.41. The lowest BCUT2D eigenvalue weighted by Gasteiger charge is -2.37. The Bertz CT molecular complexity index is 270. The van der Waals surface area contributed by atoms with Crippen molar-refractivity contribution < 1.29 is 9.15 Å². The van der Waals surface area contributed by atoms with Crippen LogP contribution >= 0.6 is 0 Å². The fourth-order valence-electron chi connectivity index (χ4n) is 2.38. The van der Waals surface area contributed by atoms with Gasteiger partial charge < -0.3 is 14.5 Å². The second-order valence-corrected chi connectivity index (χ2v) is 4.35. The number of methoxy groups -OCH3 is 1. The SMILES string of the molecule is COCC1(Cc2ccco2)CCCCN1. The minimum absolute atomic E-state index is 0.0881. The lowest BCUT2D eigenvalue weighted by Crippen LogP contribution is -2.53. The van der Waals surface area contributed by atoms with E-state index in [0.717, 1.165) is 25.3 Å². The maximum atomic E-state index is 5.41. The highest BCUT2D eigenvalue weighted by Crippen LogP contribution is 2.24. The molecule has 0 saturated carbocycles. The van der Waals surface area contributed by atoms with Gasteiger partial charge in [-0.2, -0.15) is 0 Å². The van der Waals surface area contributed by atoms with E-state index in [9.17, 15) is 0 Å². The zero-order chi connectivity index (χ0) is 10.6. The van der Waals surface area contributed by atoms with Crippen molar-refractivity contribution in [2.45, 2.75) is 31.2 Å². The molecule has 84 valence electrons. The summed E-state index contributed by atoms with van der Waals surface area (Å²) < 4.78 is 10.7. The molecule has 1 saturated heterocycles. The Morgan fingerprint density at radius 2 is 2.47 bits per heavy atom. The Morgan fingerprint density at radius 3 is 3.07 bits per heavy atom. The van der Waals surface area contributed by atoms with Gasteiger partial charge in [0.1, 0.15) is 5.76 Å². The average molecular weight is 209 g/mol. The predicted molar refractivity (Wildman–Crippen MR) is 58.9 cm³/mol. The summed E-state index contributed by atoms with van der Waals surface area (Å²) in [7, 11) is 1.76. The molecule has 3 nitrogen and oxygen atoms in total. The van der Waals surface area contributed by atoms with Crippen molar-refractivity contribution in [3.63, 3.8) is 0 Å². The smallest absolute Gasteiger partial charge is 0.105 e. The molecule has 0 aliphatic carbocycles. The van der Waals surface area contributed by atoms with E-state index in [2.05, 4.69) is 5.32 Å². The highest BCUT2D eigenvalue weighted by atomic mass is 16.5. The van der Waals surface area contributed by atoms with E-state index in [1.165, 1.54) is 19.3 Å². The van der Waals surface area contributed by atoms with E-state index in [1.807, 2.05) is 12.1 Å². The van der Waals surface area contributed by atoms with E-state index >= 15 is 0 Å². The first-order chi connectivity index (χ1) is 7.35. The van der Waals surface area contributed by atoms with Crippen molar-refractivity contribution in [3.8, 4) is 0 Å². The van der Waals surface area contributed by atoms with Crippen LogP contribution < -0.4 is 5.32 Å². The summed E-state index contributed by atoms with van der Waals surface area (Å²) in [5.74, 6) is 1.04. The third-order valence-corrected chi connectivity index (χ3v) is 3.10. The van der Waals surface area contributed by atoms with E-state index in [4.69, 9.17) is 9.15 Å². The van der Waals surface area contributed by atoms with E-state index in [0.29, 0.717) is 0 Å². The van der Waals surface area contributed by atoms with Crippen LogP contribution in [-0.4, -0.2) is 25.8 Å². The number of piperidine rings is 1. The number of nitrogens with one attached hydrogen (secondary N) is 1. The van der Waals surface area contributed by atoms with Crippen LogP contribution in [0.1, 0.15) is 25.0 Å². The van der Waals surface area contributed by atoms with Gasteiger partial charge in [0.05, 0.1) is 12.9 Å². The molecule has 1 unspecified atom stereocenters. The monoisotopic (exact) mass is 209 g/mol. The number of hydrogen-bond donors (Lipinski definition) is 1. The van der Waals surface area contributed by atoms with Crippen molar-refractivity contribution in [1.29, 1.82) is 0 Å². The largest absolute Gasteiger partial charge is 0.469 e. The summed E-state index contributed by atoms with van der Waals surface area (Å²) in [5.41, 5.74) is 0.0881. The van der Waals surface area contributed by atoms with Crippen molar-refractivity contribution in [2.75, 3.05) is 20.3 Å². The summed E-state index contributed by atoms with van der Waals surface area (Å²) in [6.45, 7) is 1.85. The molecule has 1 aromatic heterocycles. The van der Waals surface area contributed by atoms with Crippen LogP contribution in [0.15, 0.2) is 22.8 Å². The van der Waals surface area contributed by atoms with Crippen LogP contribution in [0, 0.1) is 0 Å². The minimum Gasteiger partial charge on any atom is -0.469 e. The molecule has 1 aromatic rings. The summed E-state index contributed by atoms with van der Waals surface area (Å²) in [6.07, 6.45) is 6.37. The molecule has 0 amide bonds. The normalized spacial score (nSPS) is 26.7. The second-order valence-electron chi connectivity index (χ2n) is 4.35. The van der Waals surface area contributed by atoms with E-state index in [1.54, 1.807) is 13.4 Å². The summed E-state index contributed by atoms with van der Waals surface area (Å²) in [5, 5.41) is 3.59. The van der Waals surface area contributed by atoms with Gasteiger partial charge in [0.25, 0.3) is 0 Å². The first kappa shape index (κ1) is 10.7. The fraction of sp³-hybridized carbons (Fsp3) is 0.667. The van der Waals surface area contributed by atoms with Gasteiger partial charge in [0.2, 0.25) is 0 Å². The lowest BCUT2D eigenvalue weighted by molar-refractivity contribution is 0.0859. The van der Waals surface area contributed by atoms with Gasteiger partial charge in [-0.15, -0.1) is 0 Å². The minimum atomic E-state index is 0.0881. The molecular formula is C12H19NO2. The van der Waals surface area contributed by atoms with Crippen LogP contribution in [-0.2, 0) is 11.2 Å². The summed E-state index contributed by atoms with van der Waals surface area (Å²) in [4.78, 5) is 0. The molecule has 1 aliphatic heterocycles. The van der Waals surface area contributed by atoms with Crippen LogP contribution in [0.5, 0.6) is 0 Å². The lowest BCUT2D eigenvalue weighted by atomic mass is 9.85. The van der Waals surface area contributed by atoms with Gasteiger partial charge >= 0.3 is 0 Å². The maximum Gasteiger partial charge on any atom is 0.105 e. The van der Waals surface area contributed by atoms with Gasteiger partial charge in [0, 0.05) is 19.1 Å². The number of furan rings is 1. The molecule has 0 bridgehead atoms. The standard InChI is InChI=1S/C12H19NO2/c1-14-10-12(6-2-3-7-13-12)9-11-5-4-8-15-11/h4-5,8,13H,2-3,6-7,9-10H2,1H3. The van der Waals surface area contributed by atoms with Crippen molar-refractivity contribution in [3.05, 3.63) is 24.2 Å². The Balaban J connectivity index is 2.04. The van der Waals surface area contributed by atoms with Crippen molar-refractivity contribution in [1.82, 2.24) is 5.32 Å². The average Bonchev–Trinajstić information content (AvgIpc) is 2.72. The molecule has 1 atom stereocenters. The van der Waals surface area contributed by atoms with Gasteiger partial charge in [-0.25, -0.2) is 0 Å². The Labute approximate surface area is 90.8 Å². The topological polar surface area (TPSA) is 34.4 Å². The van der Waals surface area contributed by atoms with Crippen LogP contribution in [0.25, 0.3) is 0 Å². The quantitative estimate of drug-likeness (QED) is 0.823. The highest BCUT2D eigenvalue weighted by molar-refractivity contribution is 5.06.